The Hall–Kier alpha value is -7.74. The highest BCUT2D eigenvalue weighted by Crippen LogP contribution is 2.43. The molecule has 0 radical (unpaired) electrons. The Morgan fingerprint density at radius 2 is 0.679 bits per heavy atom. The van der Waals surface area contributed by atoms with Crippen LogP contribution in [-0.4, -0.2) is 15.0 Å². The number of benzene rings is 9. The maximum absolute atomic E-state index is 9.33. The Labute approximate surface area is 324 Å². The molecule has 0 aliphatic heterocycles. The number of hydrogen-bond acceptors (Lipinski definition) is 4. The second-order valence-electron chi connectivity index (χ2n) is 13.9. The molecule has 9 aromatic carbocycles. The van der Waals surface area contributed by atoms with E-state index in [-0.39, 0.29) is 0 Å². The lowest BCUT2D eigenvalue weighted by Gasteiger charge is -2.17. The third kappa shape index (κ3) is 5.94. The van der Waals surface area contributed by atoms with Gasteiger partial charge in [0.25, 0.3) is 0 Å². The van der Waals surface area contributed by atoms with E-state index < -0.39 is 0 Å². The highest BCUT2D eigenvalue weighted by atomic mass is 15.0. The fourth-order valence-electron chi connectivity index (χ4n) is 7.80. The van der Waals surface area contributed by atoms with Gasteiger partial charge in [-0.05, 0) is 102 Å². The van der Waals surface area contributed by atoms with Crippen LogP contribution in [0.15, 0.2) is 194 Å². The van der Waals surface area contributed by atoms with Gasteiger partial charge in [-0.25, -0.2) is 15.0 Å². The maximum Gasteiger partial charge on any atom is 0.164 e. The topological polar surface area (TPSA) is 62.5 Å². The molecule has 260 valence electrons. The first-order valence-electron chi connectivity index (χ1n) is 18.7. The van der Waals surface area contributed by atoms with Gasteiger partial charge in [-0.3, -0.25) is 0 Å². The molecule has 0 saturated heterocycles. The van der Waals surface area contributed by atoms with Gasteiger partial charge in [0, 0.05) is 16.7 Å². The van der Waals surface area contributed by atoms with E-state index >= 15 is 0 Å². The molecular weight excluding hydrogens is 681 g/mol. The molecule has 56 heavy (non-hydrogen) atoms. The van der Waals surface area contributed by atoms with Gasteiger partial charge < -0.3 is 0 Å². The summed E-state index contributed by atoms with van der Waals surface area (Å²) in [5.74, 6) is 1.91. The van der Waals surface area contributed by atoms with E-state index in [0.717, 1.165) is 44.5 Å². The van der Waals surface area contributed by atoms with Gasteiger partial charge >= 0.3 is 0 Å². The van der Waals surface area contributed by atoms with E-state index in [1.165, 1.54) is 37.9 Å². The highest BCUT2D eigenvalue weighted by molar-refractivity contribution is 6.24. The van der Waals surface area contributed by atoms with E-state index in [4.69, 9.17) is 15.0 Å². The first kappa shape index (κ1) is 32.9. The molecule has 0 aliphatic carbocycles. The third-order valence-electron chi connectivity index (χ3n) is 10.5. The van der Waals surface area contributed by atoms with Crippen molar-refractivity contribution in [3.63, 3.8) is 0 Å². The van der Waals surface area contributed by atoms with Gasteiger partial charge in [0.1, 0.15) is 0 Å². The Kier molecular flexibility index (Phi) is 8.17. The molecule has 10 rings (SSSR count). The van der Waals surface area contributed by atoms with Gasteiger partial charge in [-0.2, -0.15) is 5.26 Å². The Morgan fingerprint density at radius 3 is 1.18 bits per heavy atom. The molecule has 0 fully saturated rings. The second kappa shape index (κ2) is 13.9. The first-order chi connectivity index (χ1) is 27.7. The van der Waals surface area contributed by atoms with E-state index in [0.29, 0.717) is 23.0 Å². The van der Waals surface area contributed by atoms with Crippen LogP contribution >= 0.6 is 0 Å². The van der Waals surface area contributed by atoms with Crippen LogP contribution < -0.4 is 0 Å². The summed E-state index contributed by atoms with van der Waals surface area (Å²) in [5.41, 5.74) is 10.2. The molecule has 1 aromatic heterocycles. The Bertz CT molecular complexity index is 3070. The number of nitrogens with zero attached hydrogens (tertiary/aromatic N) is 4. The molecule has 4 nitrogen and oxygen atoms in total. The van der Waals surface area contributed by atoms with Gasteiger partial charge in [0.2, 0.25) is 0 Å². The van der Waals surface area contributed by atoms with Crippen LogP contribution in [0.3, 0.4) is 0 Å². The van der Waals surface area contributed by atoms with Crippen LogP contribution in [0.2, 0.25) is 0 Å². The van der Waals surface area contributed by atoms with Crippen molar-refractivity contribution in [3.8, 4) is 73.6 Å². The minimum Gasteiger partial charge on any atom is -0.208 e. The van der Waals surface area contributed by atoms with Crippen LogP contribution in [0.1, 0.15) is 5.56 Å². The van der Waals surface area contributed by atoms with Crippen molar-refractivity contribution in [1.29, 1.82) is 5.26 Å². The molecule has 0 spiro atoms. The Balaban J connectivity index is 1.14. The predicted octanol–water partition coefficient (Wildman–Crippen LogP) is 13.2. The summed E-state index contributed by atoms with van der Waals surface area (Å²) in [6, 6.07) is 69.6. The lowest BCUT2D eigenvalue weighted by atomic mass is 9.87. The predicted molar refractivity (Wildman–Crippen MR) is 230 cm³/mol. The van der Waals surface area contributed by atoms with Crippen molar-refractivity contribution >= 4 is 32.3 Å². The standard InChI is InChI=1S/C52H32N4/c53-33-34-25-27-35(28-26-34)38-17-11-18-39(29-38)46-31-48-45-24-10-8-22-43(45)47(32-49(48)44-23-9-7-21-42(44)46)40-19-12-20-41(30-40)52-55-50(36-13-3-1-4-14-36)54-51(56-52)37-15-5-2-6-16-37/h1-32H. The maximum atomic E-state index is 9.33. The zero-order valence-electron chi connectivity index (χ0n) is 30.3. The van der Waals surface area contributed by atoms with Crippen LogP contribution in [0.5, 0.6) is 0 Å². The van der Waals surface area contributed by atoms with Crippen LogP contribution in [0.25, 0.3) is 99.9 Å². The van der Waals surface area contributed by atoms with Crippen molar-refractivity contribution < 1.29 is 0 Å². The summed E-state index contributed by atoms with van der Waals surface area (Å²) in [6.45, 7) is 0. The van der Waals surface area contributed by atoms with E-state index in [1.807, 2.05) is 84.9 Å². The lowest BCUT2D eigenvalue weighted by Crippen LogP contribution is -2.00. The summed E-state index contributed by atoms with van der Waals surface area (Å²) in [6.07, 6.45) is 0. The molecule has 0 unspecified atom stereocenters. The molecule has 0 saturated carbocycles. The molecule has 4 heteroatoms. The summed E-state index contributed by atoms with van der Waals surface area (Å²) in [5, 5.41) is 16.5. The average Bonchev–Trinajstić information content (AvgIpc) is 3.29. The zero-order chi connectivity index (χ0) is 37.4. The summed E-state index contributed by atoms with van der Waals surface area (Å²) in [7, 11) is 0. The number of rotatable bonds is 6. The normalized spacial score (nSPS) is 11.2. The number of aromatic nitrogens is 3. The smallest absolute Gasteiger partial charge is 0.164 e. The van der Waals surface area contributed by atoms with Crippen molar-refractivity contribution in [3.05, 3.63) is 200 Å². The highest BCUT2D eigenvalue weighted by Gasteiger charge is 2.17. The van der Waals surface area contributed by atoms with Gasteiger partial charge in [0.05, 0.1) is 11.6 Å². The number of hydrogen-bond donors (Lipinski definition) is 0. The lowest BCUT2D eigenvalue weighted by molar-refractivity contribution is 1.07. The third-order valence-corrected chi connectivity index (χ3v) is 10.5. The molecule has 0 amide bonds. The summed E-state index contributed by atoms with van der Waals surface area (Å²) in [4.78, 5) is 15.0. The fourth-order valence-corrected chi connectivity index (χ4v) is 7.80. The summed E-state index contributed by atoms with van der Waals surface area (Å²) < 4.78 is 0. The minimum atomic E-state index is 0.628. The largest absolute Gasteiger partial charge is 0.208 e. The molecule has 0 aliphatic rings. The van der Waals surface area contributed by atoms with Crippen LogP contribution in [0, 0.1) is 11.3 Å². The molecule has 0 N–H and O–H groups in total. The van der Waals surface area contributed by atoms with Gasteiger partial charge in [0.15, 0.2) is 17.5 Å². The van der Waals surface area contributed by atoms with Crippen LogP contribution in [0.4, 0.5) is 0 Å². The van der Waals surface area contributed by atoms with Crippen molar-refractivity contribution in [2.45, 2.75) is 0 Å². The SMILES string of the molecule is N#Cc1ccc(-c2cccc(-c3cc4c5ccccc5c(-c5cccc(-c6nc(-c7ccccc7)nc(-c7ccccc7)n6)c5)cc4c4ccccc34)c2)cc1. The molecular formula is C52H32N4. The molecule has 0 bridgehead atoms. The van der Waals surface area contributed by atoms with Crippen molar-refractivity contribution in [1.82, 2.24) is 15.0 Å². The molecule has 10 aromatic rings. The Morgan fingerprint density at radius 1 is 0.286 bits per heavy atom. The number of fused-ring (bicyclic) bond motifs is 5. The average molecular weight is 713 g/mol. The van der Waals surface area contributed by atoms with Gasteiger partial charge in [-0.1, -0.05) is 158 Å². The summed E-state index contributed by atoms with van der Waals surface area (Å²) >= 11 is 0. The number of nitriles is 1. The minimum absolute atomic E-state index is 0.628. The van der Waals surface area contributed by atoms with E-state index in [1.54, 1.807) is 0 Å². The molecule has 1 heterocycles. The monoisotopic (exact) mass is 712 g/mol. The van der Waals surface area contributed by atoms with Gasteiger partial charge in [-0.15, -0.1) is 0 Å². The second-order valence-corrected chi connectivity index (χ2v) is 13.9. The first-order valence-corrected chi connectivity index (χ1v) is 18.7. The quantitative estimate of drug-likeness (QED) is 0.161. The zero-order valence-corrected chi connectivity index (χ0v) is 30.3. The van der Waals surface area contributed by atoms with Crippen LogP contribution in [-0.2, 0) is 0 Å². The molecule has 0 atom stereocenters. The van der Waals surface area contributed by atoms with E-state index in [9.17, 15) is 5.26 Å². The van der Waals surface area contributed by atoms with Crippen molar-refractivity contribution in [2.24, 2.45) is 0 Å². The fraction of sp³-hybridized carbons (Fsp3) is 0. The van der Waals surface area contributed by atoms with Crippen molar-refractivity contribution in [2.75, 3.05) is 0 Å². The van der Waals surface area contributed by atoms with E-state index in [2.05, 4.69) is 115 Å².